The summed E-state index contributed by atoms with van der Waals surface area (Å²) in [6.07, 6.45) is 19.1. The summed E-state index contributed by atoms with van der Waals surface area (Å²) in [5, 5.41) is 14.2. The van der Waals surface area contributed by atoms with E-state index in [1.54, 1.807) is 0 Å². The van der Waals surface area contributed by atoms with Crippen LogP contribution in [0.15, 0.2) is 130 Å². The molecule has 1 aliphatic heterocycles. The minimum atomic E-state index is -2.72. The van der Waals surface area contributed by atoms with E-state index in [1.807, 2.05) is 41.5 Å². The Kier molecular flexibility index (Phi) is 28.3. The fourth-order valence-corrected chi connectivity index (χ4v) is 26.7. The van der Waals surface area contributed by atoms with Crippen LogP contribution in [0.1, 0.15) is 312 Å². The lowest BCUT2D eigenvalue weighted by Gasteiger charge is -2.43. The molecule has 0 N–H and O–H groups in total. The van der Waals surface area contributed by atoms with E-state index < -0.39 is 27.8 Å². The lowest BCUT2D eigenvalue weighted by atomic mass is 9.68. The van der Waals surface area contributed by atoms with E-state index in [-0.39, 0.29) is 65.0 Å². The molecule has 16 heteroatoms. The summed E-state index contributed by atoms with van der Waals surface area (Å²) in [5.41, 5.74) is 1.77. The zero-order valence-electron chi connectivity index (χ0n) is 67.4. The summed E-state index contributed by atoms with van der Waals surface area (Å²) in [7, 11) is -5.36. The van der Waals surface area contributed by atoms with Gasteiger partial charge in [-0.1, -0.05) is 239 Å². The first-order valence-corrected chi connectivity index (χ1v) is 44.9. The molecular formula is C88H130BIN2O10Si2. The predicted molar refractivity (Wildman–Crippen MR) is 438 cm³/mol. The van der Waals surface area contributed by atoms with Crippen LogP contribution in [0, 0.1) is 27.2 Å². The molecule has 0 amide bonds. The number of carbonyl (C=O) groups is 2. The molecule has 0 spiro atoms. The fourth-order valence-electron chi connectivity index (χ4n) is 16.5. The normalized spacial score (nSPS) is 20.4. The first-order valence-electron chi connectivity index (χ1n) is 40.0. The predicted octanol–water partition coefficient (Wildman–Crippen LogP) is 21.3. The highest BCUT2D eigenvalue weighted by molar-refractivity contribution is 14.1. The molecule has 4 saturated carbocycles. The Labute approximate surface area is 643 Å². The number of benzene rings is 4. The number of esters is 2. The highest BCUT2D eigenvalue weighted by atomic mass is 127. The lowest BCUT2D eigenvalue weighted by Crippen LogP contribution is -2.66. The number of ether oxygens (including phenoxy) is 2. The molecule has 1 saturated heterocycles. The van der Waals surface area contributed by atoms with Crippen LogP contribution in [0.25, 0.3) is 0 Å². The third-order valence-corrected chi connectivity index (χ3v) is 34.6. The van der Waals surface area contributed by atoms with E-state index in [0.717, 1.165) is 63.0 Å². The van der Waals surface area contributed by atoms with Crippen LogP contribution in [0.3, 0.4) is 0 Å². The van der Waals surface area contributed by atoms with Crippen LogP contribution >= 0.6 is 22.6 Å². The quantitative estimate of drug-likeness (QED) is 0.0241. The summed E-state index contributed by atoms with van der Waals surface area (Å²) in [5.74, 6) is 6.60. The Morgan fingerprint density at radius 1 is 0.500 bits per heavy atom. The van der Waals surface area contributed by atoms with Crippen molar-refractivity contribution in [1.82, 2.24) is 10.3 Å². The third kappa shape index (κ3) is 20.8. The van der Waals surface area contributed by atoms with Crippen LogP contribution < -0.4 is 20.7 Å². The molecule has 11 rings (SSSR count). The fraction of sp³-hybridized carbons (Fsp3) is 0.636. The minimum Gasteiger partial charge on any atom is -0.460 e. The van der Waals surface area contributed by atoms with E-state index in [9.17, 15) is 9.59 Å². The Hall–Kier alpha value is -4.69. The third-order valence-electron chi connectivity index (χ3n) is 23.4. The van der Waals surface area contributed by atoms with Crippen molar-refractivity contribution in [3.63, 3.8) is 0 Å². The highest BCUT2D eigenvalue weighted by Crippen LogP contribution is 2.54. The van der Waals surface area contributed by atoms with Gasteiger partial charge in [0.05, 0.1) is 33.3 Å². The van der Waals surface area contributed by atoms with E-state index in [1.165, 1.54) is 103 Å². The van der Waals surface area contributed by atoms with Gasteiger partial charge in [-0.3, -0.25) is 9.59 Å². The Bertz CT molecular complexity index is 3530. The molecule has 5 fully saturated rings. The van der Waals surface area contributed by atoms with Crippen molar-refractivity contribution in [1.29, 1.82) is 0 Å². The zero-order chi connectivity index (χ0) is 75.6. The molecule has 2 aromatic heterocycles. The number of carbonyl (C=O) groups excluding carboxylic acids is 2. The summed E-state index contributed by atoms with van der Waals surface area (Å²) >= 11 is 2.41. The van der Waals surface area contributed by atoms with E-state index in [0.29, 0.717) is 49.6 Å². The van der Waals surface area contributed by atoms with Gasteiger partial charge in [0.1, 0.15) is 22.7 Å². The van der Waals surface area contributed by atoms with Crippen LogP contribution in [0.5, 0.6) is 0 Å². The highest BCUT2D eigenvalue weighted by Gasteiger charge is 2.57. The molecule has 0 bridgehead atoms. The maximum atomic E-state index is 13.4. The molecule has 570 valence electrons. The molecule has 4 aliphatic carbocycles. The second-order valence-electron chi connectivity index (χ2n) is 36.3. The summed E-state index contributed by atoms with van der Waals surface area (Å²) < 4.78 is 51.3. The van der Waals surface area contributed by atoms with Crippen molar-refractivity contribution in [3.8, 4) is 0 Å². The number of rotatable bonds is 30. The molecule has 4 aromatic carbocycles. The molecule has 6 aromatic rings. The van der Waals surface area contributed by atoms with Gasteiger partial charge in [-0.25, -0.2) is 0 Å². The largest absolute Gasteiger partial charge is 0.461 e. The van der Waals surface area contributed by atoms with Gasteiger partial charge in [0, 0.05) is 42.4 Å². The summed E-state index contributed by atoms with van der Waals surface area (Å²) in [6.45, 7) is 44.0. The SMILES string of the molecule is CC1(C)OB(C2CC2)OC1(C)C.CCC(CC)CC1CC(c2onc(C(CCO[Si](c3ccccc3)(c3ccccc3)C(C)(C)C)CC(=O)OC(C)(C)C)c2C2CC2)C1.CCC(CC)CC1CC(c2onc(C(CCO[Si](c3ccccc3)(c3ccccc3)C(C)(C)C)CC(=O)OC(C)(C)C)c2I)C1. The zero-order valence-corrected chi connectivity index (χ0v) is 71.6. The van der Waals surface area contributed by atoms with Gasteiger partial charge in [0.15, 0.2) is 5.76 Å². The van der Waals surface area contributed by atoms with E-state index in [4.69, 9.17) is 41.8 Å². The molecule has 2 unspecified atom stereocenters. The summed E-state index contributed by atoms with van der Waals surface area (Å²) in [4.78, 5) is 26.6. The Morgan fingerprint density at radius 3 is 1.16 bits per heavy atom. The minimum absolute atomic E-state index is 0.0648. The van der Waals surface area contributed by atoms with Gasteiger partial charge in [-0.15, -0.1) is 0 Å². The van der Waals surface area contributed by atoms with Gasteiger partial charge in [0.25, 0.3) is 16.6 Å². The van der Waals surface area contributed by atoms with Gasteiger partial charge in [-0.2, -0.15) is 0 Å². The number of aromatic nitrogens is 2. The first-order chi connectivity index (χ1) is 49.1. The topological polar surface area (TPSA) is 142 Å². The van der Waals surface area contributed by atoms with Gasteiger partial charge in [-0.05, 0) is 222 Å². The Balaban J connectivity index is 0.000000207. The second-order valence-corrected chi connectivity index (χ2v) is 46.0. The number of hydrogen-bond acceptors (Lipinski definition) is 12. The van der Waals surface area contributed by atoms with Crippen LogP contribution in [0.2, 0.25) is 15.9 Å². The van der Waals surface area contributed by atoms with Gasteiger partial charge in [0.2, 0.25) is 0 Å². The summed E-state index contributed by atoms with van der Waals surface area (Å²) in [6, 6.07) is 42.9. The van der Waals surface area contributed by atoms with Crippen molar-refractivity contribution >= 4 is 79.0 Å². The smallest absolute Gasteiger partial charge is 0.460 e. The molecule has 12 nitrogen and oxygen atoms in total. The number of hydrogen-bond donors (Lipinski definition) is 0. The molecule has 0 radical (unpaired) electrons. The average molecular weight is 1570 g/mol. The maximum Gasteiger partial charge on any atom is 0.461 e. The van der Waals surface area contributed by atoms with Crippen molar-refractivity contribution < 1.29 is 46.3 Å². The van der Waals surface area contributed by atoms with Gasteiger partial charge >= 0.3 is 19.1 Å². The molecule has 2 atom stereocenters. The van der Waals surface area contributed by atoms with Crippen molar-refractivity contribution in [2.75, 3.05) is 13.2 Å². The standard InChI is InChI=1S/C41H59NO4Si.C38H54INO4Si.C9H17BO2/c1-9-29(10-2)25-30-26-33(27-30)39-37(31-21-22-31)38(42-46-39)32(28-36(43)45-40(3,4)5)23-24-44-47(41(6,7)8,34-17-13-11-14-18-34)35-19-15-12-16-20-35;1-9-27(10-2)23-28-24-30(25-28)36-34(39)35(40-44-36)29(26-33(41)43-37(3,4)5)21-22-42-45(38(6,7)8,31-17-13-11-14-18-31)32-19-15-12-16-20-32;1-8(2)9(3,4)12-10(11-8)7-5-6-7/h11-20,29-33H,9-10,21-28H2,1-8H3;11-20,27-30H,9-10,21-26H2,1-8H3;7H,5-6H2,1-4H3. The average Bonchev–Trinajstić information content (AvgIpc) is 0.940. The molecule has 104 heavy (non-hydrogen) atoms. The van der Waals surface area contributed by atoms with Crippen molar-refractivity contribution in [2.24, 2.45) is 23.7 Å². The second kappa shape index (κ2) is 35.3. The number of nitrogens with zero attached hydrogens (tertiary/aromatic N) is 2. The molecule has 3 heterocycles. The first kappa shape index (κ1) is 83.3. The maximum absolute atomic E-state index is 13.4. The van der Waals surface area contributed by atoms with Crippen molar-refractivity contribution in [3.05, 3.63) is 153 Å². The lowest BCUT2D eigenvalue weighted by molar-refractivity contribution is -0.156. The van der Waals surface area contributed by atoms with E-state index in [2.05, 4.69) is 246 Å². The van der Waals surface area contributed by atoms with Gasteiger partial charge < -0.3 is 36.7 Å². The molecular weight excluding hydrogens is 1440 g/mol. The van der Waals surface area contributed by atoms with Crippen LogP contribution in [-0.2, 0) is 37.2 Å². The van der Waals surface area contributed by atoms with E-state index >= 15 is 0 Å². The molecule has 5 aliphatic rings. The van der Waals surface area contributed by atoms with Crippen LogP contribution in [0.4, 0.5) is 0 Å². The van der Waals surface area contributed by atoms with Crippen LogP contribution in [-0.4, -0.2) is 81.6 Å². The monoisotopic (exact) mass is 1570 g/mol. The Morgan fingerprint density at radius 2 is 0.837 bits per heavy atom. The number of halogens is 1. The van der Waals surface area contributed by atoms with Crippen molar-refractivity contribution in [2.45, 2.75) is 322 Å².